The maximum Gasteiger partial charge on any atom is 0.257 e. The Labute approximate surface area is 141 Å². The summed E-state index contributed by atoms with van der Waals surface area (Å²) in [6.45, 7) is 2.45. The minimum atomic E-state index is -0.215. The SMILES string of the molecule is CCOc1ccccc1NC(=O)c1cncc(-c2ccccc2)c1. The molecule has 3 aromatic rings. The lowest BCUT2D eigenvalue weighted by Gasteiger charge is -2.11. The molecule has 0 aliphatic heterocycles. The predicted octanol–water partition coefficient (Wildman–Crippen LogP) is 4.40. The van der Waals surface area contributed by atoms with E-state index < -0.39 is 0 Å². The number of hydrogen-bond donors (Lipinski definition) is 1. The highest BCUT2D eigenvalue weighted by Crippen LogP contribution is 2.25. The van der Waals surface area contributed by atoms with Gasteiger partial charge in [0, 0.05) is 18.0 Å². The van der Waals surface area contributed by atoms with Crippen molar-refractivity contribution in [2.45, 2.75) is 6.92 Å². The van der Waals surface area contributed by atoms with Crippen molar-refractivity contribution in [1.29, 1.82) is 0 Å². The van der Waals surface area contributed by atoms with E-state index in [9.17, 15) is 4.79 Å². The highest BCUT2D eigenvalue weighted by atomic mass is 16.5. The smallest absolute Gasteiger partial charge is 0.257 e. The third-order valence-electron chi connectivity index (χ3n) is 3.54. The number of anilines is 1. The largest absolute Gasteiger partial charge is 0.492 e. The molecule has 0 aliphatic rings. The van der Waals surface area contributed by atoms with Gasteiger partial charge >= 0.3 is 0 Å². The number of hydrogen-bond acceptors (Lipinski definition) is 3. The van der Waals surface area contributed by atoms with Crippen LogP contribution in [-0.4, -0.2) is 17.5 Å². The molecule has 1 heterocycles. The number of aromatic nitrogens is 1. The second-order valence-corrected chi connectivity index (χ2v) is 5.21. The van der Waals surface area contributed by atoms with Gasteiger partial charge in [-0.05, 0) is 30.7 Å². The van der Waals surface area contributed by atoms with Crippen molar-refractivity contribution in [3.05, 3.63) is 78.6 Å². The van der Waals surface area contributed by atoms with Crippen molar-refractivity contribution in [3.8, 4) is 16.9 Å². The molecule has 0 saturated heterocycles. The van der Waals surface area contributed by atoms with Crippen molar-refractivity contribution >= 4 is 11.6 Å². The fourth-order valence-electron chi connectivity index (χ4n) is 2.40. The first-order valence-electron chi connectivity index (χ1n) is 7.81. The maximum atomic E-state index is 12.5. The lowest BCUT2D eigenvalue weighted by molar-refractivity contribution is 0.102. The van der Waals surface area contributed by atoms with Crippen molar-refractivity contribution in [3.63, 3.8) is 0 Å². The van der Waals surface area contributed by atoms with Gasteiger partial charge in [0.25, 0.3) is 5.91 Å². The second-order valence-electron chi connectivity index (χ2n) is 5.21. The summed E-state index contributed by atoms with van der Waals surface area (Å²) in [6.07, 6.45) is 3.31. The van der Waals surface area contributed by atoms with E-state index in [2.05, 4.69) is 10.3 Å². The normalized spacial score (nSPS) is 10.2. The number of ether oxygens (including phenoxy) is 1. The Bertz CT molecular complexity index is 832. The Morgan fingerprint density at radius 2 is 1.75 bits per heavy atom. The number of benzene rings is 2. The Hall–Kier alpha value is -3.14. The van der Waals surface area contributed by atoms with Crippen LogP contribution in [0.15, 0.2) is 73.1 Å². The van der Waals surface area contributed by atoms with Gasteiger partial charge in [0.2, 0.25) is 0 Å². The van der Waals surface area contributed by atoms with Crippen LogP contribution in [0.1, 0.15) is 17.3 Å². The van der Waals surface area contributed by atoms with E-state index >= 15 is 0 Å². The van der Waals surface area contributed by atoms with E-state index in [4.69, 9.17) is 4.74 Å². The molecule has 0 bridgehead atoms. The summed E-state index contributed by atoms with van der Waals surface area (Å²) >= 11 is 0. The number of nitrogens with zero attached hydrogens (tertiary/aromatic N) is 1. The number of carbonyl (C=O) groups excluding carboxylic acids is 1. The van der Waals surface area contributed by atoms with Gasteiger partial charge in [-0.2, -0.15) is 0 Å². The molecule has 4 nitrogen and oxygen atoms in total. The first-order chi connectivity index (χ1) is 11.8. The van der Waals surface area contributed by atoms with E-state index in [1.807, 2.05) is 67.6 Å². The highest BCUT2D eigenvalue weighted by Gasteiger charge is 2.11. The van der Waals surface area contributed by atoms with Crippen molar-refractivity contribution < 1.29 is 9.53 Å². The van der Waals surface area contributed by atoms with Crippen LogP contribution in [0.2, 0.25) is 0 Å². The first-order valence-corrected chi connectivity index (χ1v) is 7.81. The summed E-state index contributed by atoms with van der Waals surface area (Å²) in [6, 6.07) is 19.1. The average Bonchev–Trinajstić information content (AvgIpc) is 2.64. The summed E-state index contributed by atoms with van der Waals surface area (Å²) in [5.74, 6) is 0.438. The van der Waals surface area contributed by atoms with E-state index in [0.29, 0.717) is 23.6 Å². The van der Waals surface area contributed by atoms with Crippen molar-refractivity contribution in [1.82, 2.24) is 4.98 Å². The quantitative estimate of drug-likeness (QED) is 0.758. The molecule has 1 aromatic heterocycles. The van der Waals surface area contributed by atoms with E-state index in [1.54, 1.807) is 12.4 Å². The van der Waals surface area contributed by atoms with Gasteiger partial charge in [0.15, 0.2) is 0 Å². The monoisotopic (exact) mass is 318 g/mol. The Morgan fingerprint density at radius 3 is 2.54 bits per heavy atom. The molecule has 0 radical (unpaired) electrons. The molecule has 3 rings (SSSR count). The molecule has 0 aliphatic carbocycles. The predicted molar refractivity (Wildman–Crippen MR) is 95.2 cm³/mol. The lowest BCUT2D eigenvalue weighted by Crippen LogP contribution is -2.13. The summed E-state index contributed by atoms with van der Waals surface area (Å²) in [7, 11) is 0. The molecular formula is C20H18N2O2. The summed E-state index contributed by atoms with van der Waals surface area (Å²) in [5, 5.41) is 2.89. The van der Waals surface area contributed by atoms with Crippen molar-refractivity contribution in [2.24, 2.45) is 0 Å². The Kier molecular flexibility index (Phi) is 4.87. The molecule has 0 spiro atoms. The Morgan fingerprint density at radius 1 is 1.00 bits per heavy atom. The van der Waals surface area contributed by atoms with Gasteiger partial charge in [-0.15, -0.1) is 0 Å². The molecule has 120 valence electrons. The minimum absolute atomic E-state index is 0.215. The molecule has 1 amide bonds. The van der Waals surface area contributed by atoms with Crippen LogP contribution in [0.25, 0.3) is 11.1 Å². The summed E-state index contributed by atoms with van der Waals surface area (Å²) < 4.78 is 5.54. The van der Waals surface area contributed by atoms with Crippen LogP contribution in [-0.2, 0) is 0 Å². The van der Waals surface area contributed by atoms with Gasteiger partial charge in [-0.25, -0.2) is 0 Å². The van der Waals surface area contributed by atoms with E-state index in [0.717, 1.165) is 11.1 Å². The number of para-hydroxylation sites is 2. The Balaban J connectivity index is 1.84. The molecule has 0 fully saturated rings. The van der Waals surface area contributed by atoms with Crippen LogP contribution in [0, 0.1) is 0 Å². The van der Waals surface area contributed by atoms with Gasteiger partial charge in [-0.3, -0.25) is 9.78 Å². The molecule has 0 atom stereocenters. The number of rotatable bonds is 5. The maximum absolute atomic E-state index is 12.5. The van der Waals surface area contributed by atoms with E-state index in [-0.39, 0.29) is 5.91 Å². The molecule has 1 N–H and O–H groups in total. The fraction of sp³-hybridized carbons (Fsp3) is 0.100. The number of amides is 1. The molecule has 0 unspecified atom stereocenters. The minimum Gasteiger partial charge on any atom is -0.492 e. The molecular weight excluding hydrogens is 300 g/mol. The fourth-order valence-corrected chi connectivity index (χ4v) is 2.40. The van der Waals surface area contributed by atoms with Gasteiger partial charge in [0.1, 0.15) is 5.75 Å². The first kappa shape index (κ1) is 15.7. The second kappa shape index (κ2) is 7.42. The lowest BCUT2D eigenvalue weighted by atomic mass is 10.1. The van der Waals surface area contributed by atoms with Gasteiger partial charge < -0.3 is 10.1 Å². The summed E-state index contributed by atoms with van der Waals surface area (Å²) in [5.41, 5.74) is 3.08. The third kappa shape index (κ3) is 3.60. The van der Waals surface area contributed by atoms with Crippen LogP contribution >= 0.6 is 0 Å². The third-order valence-corrected chi connectivity index (χ3v) is 3.54. The van der Waals surface area contributed by atoms with E-state index in [1.165, 1.54) is 0 Å². The van der Waals surface area contributed by atoms with Gasteiger partial charge in [-0.1, -0.05) is 42.5 Å². The van der Waals surface area contributed by atoms with Gasteiger partial charge in [0.05, 0.1) is 17.9 Å². The average molecular weight is 318 g/mol. The van der Waals surface area contributed by atoms with Crippen LogP contribution in [0.3, 0.4) is 0 Å². The topological polar surface area (TPSA) is 51.2 Å². The zero-order valence-electron chi connectivity index (χ0n) is 13.4. The zero-order valence-corrected chi connectivity index (χ0v) is 13.4. The number of pyridine rings is 1. The van der Waals surface area contributed by atoms with Crippen LogP contribution in [0.5, 0.6) is 5.75 Å². The molecule has 0 saturated carbocycles. The molecule has 4 heteroatoms. The number of nitrogens with one attached hydrogen (secondary N) is 1. The standard InChI is InChI=1S/C20H18N2O2/c1-2-24-19-11-7-6-10-18(19)22-20(23)17-12-16(13-21-14-17)15-8-4-3-5-9-15/h3-14H,2H2,1H3,(H,22,23). The van der Waals surface area contributed by atoms with Crippen LogP contribution < -0.4 is 10.1 Å². The molecule has 24 heavy (non-hydrogen) atoms. The zero-order chi connectivity index (χ0) is 16.8. The summed E-state index contributed by atoms with van der Waals surface area (Å²) in [4.78, 5) is 16.7. The van der Waals surface area contributed by atoms with Crippen molar-refractivity contribution in [2.75, 3.05) is 11.9 Å². The number of carbonyl (C=O) groups is 1. The van der Waals surface area contributed by atoms with Crippen LogP contribution in [0.4, 0.5) is 5.69 Å². The molecule has 2 aromatic carbocycles. The highest BCUT2D eigenvalue weighted by molar-refractivity contribution is 6.05.